The van der Waals surface area contributed by atoms with Gasteiger partial charge in [0, 0.05) is 49.7 Å². The third-order valence-electron chi connectivity index (χ3n) is 5.49. The number of rotatable bonds is 6. The molecule has 0 bridgehead atoms. The van der Waals surface area contributed by atoms with Crippen LogP contribution in [0.3, 0.4) is 0 Å². The number of sulfonamides is 1. The number of non-ortho nitro benzene ring substituents is 1. The molecular weight excluding hydrogens is 452 g/mol. The second-order valence-electron chi connectivity index (χ2n) is 7.56. The molecule has 2 aliphatic rings. The van der Waals surface area contributed by atoms with Gasteiger partial charge >= 0.3 is 0 Å². The van der Waals surface area contributed by atoms with Crippen LogP contribution in [-0.2, 0) is 19.5 Å². The summed E-state index contributed by atoms with van der Waals surface area (Å²) >= 11 is 0. The van der Waals surface area contributed by atoms with Crippen LogP contribution in [0.15, 0.2) is 47.4 Å². The average molecular weight is 477 g/mol. The Morgan fingerprint density at radius 2 is 1.64 bits per heavy atom. The summed E-state index contributed by atoms with van der Waals surface area (Å²) in [5, 5.41) is 13.7. The highest BCUT2D eigenvalue weighted by Crippen LogP contribution is 2.28. The highest BCUT2D eigenvalue weighted by molar-refractivity contribution is 7.89. The van der Waals surface area contributed by atoms with E-state index in [-0.39, 0.29) is 34.9 Å². The first-order chi connectivity index (χ1) is 15.9. The van der Waals surface area contributed by atoms with Crippen molar-refractivity contribution >= 4 is 33.0 Å². The highest BCUT2D eigenvalue weighted by atomic mass is 32.2. The summed E-state index contributed by atoms with van der Waals surface area (Å²) in [5.74, 6) is -0.559. The second-order valence-corrected chi connectivity index (χ2v) is 9.49. The van der Waals surface area contributed by atoms with E-state index in [1.165, 1.54) is 40.7 Å². The van der Waals surface area contributed by atoms with E-state index in [4.69, 9.17) is 9.47 Å². The zero-order valence-electron chi connectivity index (χ0n) is 17.8. The van der Waals surface area contributed by atoms with Gasteiger partial charge in [0.05, 0.1) is 41.8 Å². The Morgan fingerprint density at radius 3 is 2.30 bits per heavy atom. The van der Waals surface area contributed by atoms with Crippen LogP contribution in [0.25, 0.3) is 0 Å². The lowest BCUT2D eigenvalue weighted by Crippen LogP contribution is -2.41. The summed E-state index contributed by atoms with van der Waals surface area (Å²) < 4.78 is 38.3. The van der Waals surface area contributed by atoms with Gasteiger partial charge in [0.15, 0.2) is 0 Å². The average Bonchev–Trinajstić information content (AvgIpc) is 2.85. The van der Waals surface area contributed by atoms with Gasteiger partial charge in [-0.1, -0.05) is 6.07 Å². The molecule has 0 aromatic heterocycles. The molecule has 2 aromatic carbocycles. The van der Waals surface area contributed by atoms with Gasteiger partial charge in [-0.25, -0.2) is 8.42 Å². The number of amides is 1. The molecule has 11 nitrogen and oxygen atoms in total. The van der Waals surface area contributed by atoms with Gasteiger partial charge in [0.2, 0.25) is 10.0 Å². The molecule has 12 heteroatoms. The lowest BCUT2D eigenvalue weighted by molar-refractivity contribution is -0.384. The van der Waals surface area contributed by atoms with E-state index < -0.39 is 20.9 Å². The van der Waals surface area contributed by atoms with Gasteiger partial charge in [-0.05, 0) is 24.3 Å². The van der Waals surface area contributed by atoms with Crippen molar-refractivity contribution in [2.75, 3.05) is 62.8 Å². The zero-order valence-corrected chi connectivity index (χ0v) is 18.6. The Labute approximate surface area is 191 Å². The molecule has 1 amide bonds. The number of carbonyl (C=O) groups excluding carboxylic acids is 1. The summed E-state index contributed by atoms with van der Waals surface area (Å²) in [6.45, 7) is 3.17. The minimum Gasteiger partial charge on any atom is -0.379 e. The number of nitro benzene ring substituents is 1. The normalized spacial score (nSPS) is 17.5. The molecule has 0 atom stereocenters. The van der Waals surface area contributed by atoms with E-state index in [0.29, 0.717) is 45.2 Å². The lowest BCUT2D eigenvalue weighted by Gasteiger charge is -2.31. The molecule has 2 aromatic rings. The van der Waals surface area contributed by atoms with Crippen molar-refractivity contribution in [3.8, 4) is 0 Å². The van der Waals surface area contributed by atoms with Crippen LogP contribution < -0.4 is 10.2 Å². The van der Waals surface area contributed by atoms with Gasteiger partial charge in [0.1, 0.15) is 0 Å². The molecule has 1 N–H and O–H groups in total. The number of ether oxygens (including phenoxy) is 2. The van der Waals surface area contributed by atoms with E-state index in [9.17, 15) is 23.3 Å². The fourth-order valence-electron chi connectivity index (χ4n) is 3.77. The van der Waals surface area contributed by atoms with Crippen molar-refractivity contribution in [2.45, 2.75) is 4.90 Å². The minimum absolute atomic E-state index is 0.00519. The van der Waals surface area contributed by atoms with Crippen LogP contribution in [0.1, 0.15) is 10.4 Å². The molecule has 0 aliphatic carbocycles. The van der Waals surface area contributed by atoms with E-state index in [1.54, 1.807) is 6.07 Å². The molecular formula is C21H24N4O7S. The molecule has 0 unspecified atom stereocenters. The van der Waals surface area contributed by atoms with Crippen LogP contribution in [0, 0.1) is 10.1 Å². The maximum absolute atomic E-state index is 13.2. The van der Waals surface area contributed by atoms with Crippen LogP contribution >= 0.6 is 0 Å². The largest absolute Gasteiger partial charge is 0.379 e. The molecule has 33 heavy (non-hydrogen) atoms. The lowest BCUT2D eigenvalue weighted by atomic mass is 10.1. The molecule has 2 fully saturated rings. The summed E-state index contributed by atoms with van der Waals surface area (Å²) in [6, 6.07) is 10.1. The predicted molar refractivity (Wildman–Crippen MR) is 120 cm³/mol. The van der Waals surface area contributed by atoms with Crippen molar-refractivity contribution in [3.05, 3.63) is 58.1 Å². The smallest absolute Gasteiger partial charge is 0.271 e. The molecule has 0 spiro atoms. The topological polar surface area (TPSA) is 131 Å². The maximum atomic E-state index is 13.2. The van der Waals surface area contributed by atoms with E-state index >= 15 is 0 Å². The third kappa shape index (κ3) is 5.14. The second kappa shape index (κ2) is 9.83. The first-order valence-electron chi connectivity index (χ1n) is 10.5. The number of hydrogen-bond acceptors (Lipinski definition) is 8. The van der Waals surface area contributed by atoms with E-state index in [0.717, 1.165) is 0 Å². The standard InChI is InChI=1S/C21H24N4O7S/c26-21(22-16-2-1-3-17(14-16)25(27)28)19-15-18(33(29,30)24-8-12-32-13-9-24)4-5-20(19)23-6-10-31-11-7-23/h1-5,14-15H,6-13H2,(H,22,26). The molecule has 0 saturated carbocycles. The molecule has 2 aliphatic heterocycles. The molecule has 0 radical (unpaired) electrons. The number of nitrogens with one attached hydrogen (secondary N) is 1. The monoisotopic (exact) mass is 476 g/mol. The molecule has 2 saturated heterocycles. The van der Waals surface area contributed by atoms with E-state index in [2.05, 4.69) is 5.32 Å². The Hall–Kier alpha value is -3.06. The SMILES string of the molecule is O=C(Nc1cccc([N+](=O)[O-])c1)c1cc(S(=O)(=O)N2CCOCC2)ccc1N1CCOCC1. The first kappa shape index (κ1) is 23.1. The van der Waals surface area contributed by atoms with Gasteiger partial charge in [0.25, 0.3) is 11.6 Å². The van der Waals surface area contributed by atoms with Gasteiger partial charge in [-0.3, -0.25) is 14.9 Å². The quantitative estimate of drug-likeness (QED) is 0.492. The first-order valence-corrected chi connectivity index (χ1v) is 11.9. The number of nitro groups is 1. The highest BCUT2D eigenvalue weighted by Gasteiger charge is 2.29. The third-order valence-corrected chi connectivity index (χ3v) is 7.38. The van der Waals surface area contributed by atoms with E-state index in [1.807, 2.05) is 4.90 Å². The van der Waals surface area contributed by atoms with Crippen LogP contribution in [0.4, 0.5) is 17.1 Å². The fraction of sp³-hybridized carbons (Fsp3) is 0.381. The van der Waals surface area contributed by atoms with Crippen molar-refractivity contribution in [1.82, 2.24) is 4.31 Å². The Morgan fingerprint density at radius 1 is 0.970 bits per heavy atom. The minimum atomic E-state index is -3.82. The number of anilines is 2. The van der Waals surface area contributed by atoms with Crippen LogP contribution in [0.5, 0.6) is 0 Å². The summed E-state index contributed by atoms with van der Waals surface area (Å²) in [5.41, 5.74) is 0.813. The molecule has 176 valence electrons. The number of hydrogen-bond donors (Lipinski definition) is 1. The Bertz CT molecular complexity index is 1140. The van der Waals surface area contributed by atoms with Gasteiger partial charge < -0.3 is 19.7 Å². The van der Waals surface area contributed by atoms with Crippen molar-refractivity contribution < 1.29 is 27.6 Å². The summed E-state index contributed by atoms with van der Waals surface area (Å²) in [4.78, 5) is 25.7. The Balaban J connectivity index is 1.69. The van der Waals surface area contributed by atoms with Gasteiger partial charge in [-0.2, -0.15) is 4.31 Å². The molecule has 2 heterocycles. The predicted octanol–water partition coefficient (Wildman–Crippen LogP) is 1.70. The maximum Gasteiger partial charge on any atom is 0.271 e. The summed E-state index contributed by atoms with van der Waals surface area (Å²) in [7, 11) is -3.82. The van der Waals surface area contributed by atoms with Crippen molar-refractivity contribution in [3.63, 3.8) is 0 Å². The number of carbonyl (C=O) groups is 1. The molecule has 4 rings (SSSR count). The number of morpholine rings is 2. The van der Waals surface area contributed by atoms with Gasteiger partial charge in [-0.15, -0.1) is 0 Å². The number of nitrogens with zero attached hydrogens (tertiary/aromatic N) is 3. The Kier molecular flexibility index (Phi) is 6.88. The number of benzene rings is 2. The van der Waals surface area contributed by atoms with Crippen LogP contribution in [0.2, 0.25) is 0 Å². The van der Waals surface area contributed by atoms with Crippen molar-refractivity contribution in [1.29, 1.82) is 0 Å². The zero-order chi connectivity index (χ0) is 23.4. The summed E-state index contributed by atoms with van der Waals surface area (Å²) in [6.07, 6.45) is 0. The van der Waals surface area contributed by atoms with Crippen LogP contribution in [-0.4, -0.2) is 76.2 Å². The van der Waals surface area contributed by atoms with Crippen molar-refractivity contribution in [2.24, 2.45) is 0 Å². The fourth-order valence-corrected chi connectivity index (χ4v) is 5.20.